The number of H-pyrrole nitrogens is 1. The van der Waals surface area contributed by atoms with Crippen LogP contribution in [-0.4, -0.2) is 9.66 Å². The summed E-state index contributed by atoms with van der Waals surface area (Å²) in [6.07, 6.45) is 1.53. The number of halogens is 1. The third-order valence-electron chi connectivity index (χ3n) is 1.58. The Morgan fingerprint density at radius 3 is 2.77 bits per heavy atom. The van der Waals surface area contributed by atoms with Gasteiger partial charge in [-0.05, 0) is 12.1 Å². The molecule has 0 aliphatic carbocycles. The van der Waals surface area contributed by atoms with Gasteiger partial charge in [0.15, 0.2) is 0 Å². The van der Waals surface area contributed by atoms with E-state index in [0.717, 1.165) is 9.55 Å². The Bertz CT molecular complexity index is 484. The number of rotatable bonds is 1. The van der Waals surface area contributed by atoms with Gasteiger partial charge in [0, 0.05) is 0 Å². The molecule has 0 radical (unpaired) electrons. The molecule has 2 rings (SSSR count). The molecule has 2 aromatic rings. The van der Waals surface area contributed by atoms with Crippen molar-refractivity contribution in [2.24, 2.45) is 0 Å². The number of imidazole rings is 1. The zero-order valence-electron chi connectivity index (χ0n) is 6.45. The summed E-state index contributed by atoms with van der Waals surface area (Å²) in [4.78, 5) is 14.5. The molecule has 0 atom stereocenters. The molecular formula is C7H6ClN3OS. The van der Waals surface area contributed by atoms with E-state index in [9.17, 15) is 4.79 Å². The van der Waals surface area contributed by atoms with Crippen molar-refractivity contribution in [3.8, 4) is 10.6 Å². The number of nitrogens with two attached hydrogens (primary N) is 1. The number of hydrogen-bond donors (Lipinski definition) is 2. The molecular weight excluding hydrogens is 210 g/mol. The maximum Gasteiger partial charge on any atom is 0.344 e. The van der Waals surface area contributed by atoms with Crippen LogP contribution in [0.5, 0.6) is 0 Å². The largest absolute Gasteiger partial charge is 0.344 e. The number of nitrogens with one attached hydrogen (secondary N) is 1. The molecule has 6 heteroatoms. The summed E-state index contributed by atoms with van der Waals surface area (Å²) in [7, 11) is 0. The minimum Gasteiger partial charge on any atom is -0.335 e. The van der Waals surface area contributed by atoms with Crippen LogP contribution in [-0.2, 0) is 0 Å². The van der Waals surface area contributed by atoms with Crippen molar-refractivity contribution in [2.45, 2.75) is 0 Å². The van der Waals surface area contributed by atoms with Crippen molar-refractivity contribution in [2.75, 3.05) is 5.84 Å². The van der Waals surface area contributed by atoms with Gasteiger partial charge in [0.25, 0.3) is 0 Å². The first-order chi connectivity index (χ1) is 6.16. The lowest BCUT2D eigenvalue weighted by Crippen LogP contribution is -2.22. The Kier molecular flexibility index (Phi) is 1.90. The van der Waals surface area contributed by atoms with Crippen LogP contribution in [0.2, 0.25) is 4.34 Å². The van der Waals surface area contributed by atoms with Gasteiger partial charge in [-0.2, -0.15) is 0 Å². The van der Waals surface area contributed by atoms with Crippen LogP contribution in [0, 0.1) is 0 Å². The summed E-state index contributed by atoms with van der Waals surface area (Å²) in [6, 6.07) is 3.60. The normalized spacial score (nSPS) is 10.5. The molecule has 2 aromatic heterocycles. The molecule has 68 valence electrons. The van der Waals surface area contributed by atoms with Crippen molar-refractivity contribution in [1.82, 2.24) is 9.66 Å². The van der Waals surface area contributed by atoms with E-state index in [-0.39, 0.29) is 5.69 Å². The molecule has 0 amide bonds. The summed E-state index contributed by atoms with van der Waals surface area (Å²) in [5.41, 5.74) is 0.351. The summed E-state index contributed by atoms with van der Waals surface area (Å²) in [6.45, 7) is 0. The van der Waals surface area contributed by atoms with Crippen molar-refractivity contribution in [1.29, 1.82) is 0 Å². The van der Waals surface area contributed by atoms with Gasteiger partial charge in [-0.25, -0.2) is 9.47 Å². The molecule has 0 saturated heterocycles. The lowest BCUT2D eigenvalue weighted by molar-refractivity contribution is 0.937. The maximum absolute atomic E-state index is 11.0. The van der Waals surface area contributed by atoms with E-state index in [1.165, 1.54) is 17.5 Å². The zero-order valence-corrected chi connectivity index (χ0v) is 8.02. The van der Waals surface area contributed by atoms with E-state index in [1.54, 1.807) is 6.07 Å². The van der Waals surface area contributed by atoms with Crippen LogP contribution in [0.3, 0.4) is 0 Å². The molecule has 2 heterocycles. The maximum atomic E-state index is 11.0. The number of hydrogen-bond acceptors (Lipinski definition) is 3. The molecule has 0 aromatic carbocycles. The fraction of sp³-hybridized carbons (Fsp3) is 0. The van der Waals surface area contributed by atoms with Crippen LogP contribution in [0.4, 0.5) is 0 Å². The fourth-order valence-corrected chi connectivity index (χ4v) is 2.00. The zero-order chi connectivity index (χ0) is 9.42. The Morgan fingerprint density at radius 1 is 1.54 bits per heavy atom. The van der Waals surface area contributed by atoms with Gasteiger partial charge in [0.2, 0.25) is 0 Å². The number of aromatic nitrogens is 2. The molecule has 4 nitrogen and oxygen atoms in total. The fourth-order valence-electron chi connectivity index (χ4n) is 0.994. The van der Waals surface area contributed by atoms with E-state index < -0.39 is 0 Å². The van der Waals surface area contributed by atoms with E-state index in [1.807, 2.05) is 6.07 Å². The van der Waals surface area contributed by atoms with Crippen molar-refractivity contribution < 1.29 is 0 Å². The molecule has 13 heavy (non-hydrogen) atoms. The topological polar surface area (TPSA) is 63.8 Å². The predicted octanol–water partition coefficient (Wildman–Crippen LogP) is 1.27. The lowest BCUT2D eigenvalue weighted by Gasteiger charge is -1.86. The minimum absolute atomic E-state index is 0.334. The van der Waals surface area contributed by atoms with Crippen LogP contribution in [0.25, 0.3) is 10.6 Å². The Labute approximate surface area is 82.5 Å². The second kappa shape index (κ2) is 2.93. The molecule has 3 N–H and O–H groups in total. The SMILES string of the molecule is Nn1cc(-c2ccc(Cl)s2)[nH]c1=O. The second-order valence-electron chi connectivity index (χ2n) is 2.48. The van der Waals surface area contributed by atoms with E-state index in [4.69, 9.17) is 17.4 Å². The highest BCUT2D eigenvalue weighted by molar-refractivity contribution is 7.19. The monoisotopic (exact) mass is 215 g/mol. The van der Waals surface area contributed by atoms with Gasteiger partial charge in [0.1, 0.15) is 0 Å². The molecule has 0 saturated carbocycles. The quantitative estimate of drug-likeness (QED) is 0.704. The van der Waals surface area contributed by atoms with Gasteiger partial charge in [-0.1, -0.05) is 11.6 Å². The molecule has 0 aliphatic rings. The van der Waals surface area contributed by atoms with Gasteiger partial charge in [0.05, 0.1) is 21.1 Å². The standard InChI is InChI=1S/C7H6ClN3OS/c8-6-2-1-5(13-6)4-3-11(9)7(12)10-4/h1-3H,9H2,(H,10,12). The van der Waals surface area contributed by atoms with Crippen LogP contribution < -0.4 is 11.5 Å². The first-order valence-corrected chi connectivity index (χ1v) is 4.69. The second-order valence-corrected chi connectivity index (χ2v) is 4.20. The number of nitrogens with zero attached hydrogens (tertiary/aromatic N) is 1. The van der Waals surface area contributed by atoms with Crippen molar-refractivity contribution >= 4 is 22.9 Å². The molecule has 0 spiro atoms. The third-order valence-corrected chi connectivity index (χ3v) is 2.85. The molecule has 0 aliphatic heterocycles. The van der Waals surface area contributed by atoms with Crippen molar-refractivity contribution in [3.05, 3.63) is 33.2 Å². The Hall–Kier alpha value is -1.20. The number of aromatic amines is 1. The van der Waals surface area contributed by atoms with Crippen molar-refractivity contribution in [3.63, 3.8) is 0 Å². The smallest absolute Gasteiger partial charge is 0.335 e. The molecule has 0 fully saturated rings. The number of thiophene rings is 1. The lowest BCUT2D eigenvalue weighted by atomic mass is 10.4. The summed E-state index contributed by atoms with van der Waals surface area (Å²) >= 11 is 7.13. The average molecular weight is 216 g/mol. The van der Waals surface area contributed by atoms with E-state index in [2.05, 4.69) is 4.98 Å². The van der Waals surface area contributed by atoms with E-state index >= 15 is 0 Å². The van der Waals surface area contributed by atoms with Gasteiger partial charge in [-0.3, -0.25) is 0 Å². The Morgan fingerprint density at radius 2 is 2.31 bits per heavy atom. The predicted molar refractivity (Wildman–Crippen MR) is 53.5 cm³/mol. The van der Waals surface area contributed by atoms with Crippen LogP contribution >= 0.6 is 22.9 Å². The summed E-state index contributed by atoms with van der Waals surface area (Å²) < 4.78 is 1.68. The van der Waals surface area contributed by atoms with Gasteiger partial charge >= 0.3 is 5.69 Å². The van der Waals surface area contributed by atoms with Crippen LogP contribution in [0.1, 0.15) is 0 Å². The van der Waals surface area contributed by atoms with Gasteiger partial charge < -0.3 is 10.8 Å². The molecule has 0 bridgehead atoms. The highest BCUT2D eigenvalue weighted by atomic mass is 35.5. The summed E-state index contributed by atoms with van der Waals surface area (Å²) in [5, 5.41) is 0. The highest BCUT2D eigenvalue weighted by Crippen LogP contribution is 2.28. The molecule has 0 unspecified atom stereocenters. The first-order valence-electron chi connectivity index (χ1n) is 3.49. The summed E-state index contributed by atoms with van der Waals surface area (Å²) in [5.74, 6) is 5.33. The third kappa shape index (κ3) is 1.48. The van der Waals surface area contributed by atoms with Crippen LogP contribution in [0.15, 0.2) is 23.1 Å². The number of nitrogen functional groups attached to an aromatic ring is 1. The van der Waals surface area contributed by atoms with Gasteiger partial charge in [-0.15, -0.1) is 11.3 Å². The minimum atomic E-state index is -0.334. The Balaban J connectivity index is 2.52. The highest BCUT2D eigenvalue weighted by Gasteiger charge is 2.05. The average Bonchev–Trinajstić information content (AvgIpc) is 2.61. The first kappa shape index (κ1) is 8.40. The van der Waals surface area contributed by atoms with E-state index in [0.29, 0.717) is 10.0 Å².